The zero-order valence-electron chi connectivity index (χ0n) is 15.1. The molecule has 1 amide bonds. The second-order valence-corrected chi connectivity index (χ2v) is 7.93. The molecule has 0 radical (unpaired) electrons. The molecule has 0 N–H and O–H groups in total. The van der Waals surface area contributed by atoms with E-state index in [9.17, 15) is 4.79 Å². The second kappa shape index (κ2) is 7.66. The predicted molar refractivity (Wildman–Crippen MR) is 105 cm³/mol. The first kappa shape index (κ1) is 17.3. The van der Waals surface area contributed by atoms with Crippen LogP contribution in [0.25, 0.3) is 0 Å². The quantitative estimate of drug-likeness (QED) is 0.777. The van der Waals surface area contributed by atoms with Crippen molar-refractivity contribution in [2.24, 2.45) is 0 Å². The van der Waals surface area contributed by atoms with E-state index in [0.29, 0.717) is 12.3 Å². The molecule has 1 fully saturated rings. The fourth-order valence-corrected chi connectivity index (χ4v) is 4.51. The lowest BCUT2D eigenvalue weighted by Gasteiger charge is -2.31. The second-order valence-electron chi connectivity index (χ2n) is 6.88. The van der Waals surface area contributed by atoms with E-state index >= 15 is 0 Å². The molecule has 1 aromatic carbocycles. The Labute approximate surface area is 158 Å². The molecule has 136 valence electrons. The van der Waals surface area contributed by atoms with Gasteiger partial charge in [0.1, 0.15) is 11.6 Å². The number of hydrogen-bond acceptors (Lipinski definition) is 5. The minimum absolute atomic E-state index is 0.184. The molecular formula is C20H24N4OS. The van der Waals surface area contributed by atoms with Gasteiger partial charge >= 0.3 is 0 Å². The fraction of sp³-hybridized carbons (Fsp3) is 0.450. The molecule has 2 aliphatic rings. The number of amides is 1. The van der Waals surface area contributed by atoms with Crippen molar-refractivity contribution in [1.29, 1.82) is 0 Å². The van der Waals surface area contributed by atoms with Crippen LogP contribution in [-0.4, -0.2) is 46.2 Å². The number of aromatic nitrogens is 2. The molecule has 0 spiro atoms. The average molecular weight is 369 g/mol. The Morgan fingerprint density at radius 3 is 2.65 bits per heavy atom. The summed E-state index contributed by atoms with van der Waals surface area (Å²) in [6.45, 7) is 5.48. The van der Waals surface area contributed by atoms with Crippen molar-refractivity contribution in [3.05, 3.63) is 47.4 Å². The van der Waals surface area contributed by atoms with E-state index in [1.807, 2.05) is 42.2 Å². The third-order valence-electron chi connectivity index (χ3n) is 5.02. The number of fused-ring (bicyclic) bond motifs is 1. The van der Waals surface area contributed by atoms with Crippen molar-refractivity contribution >= 4 is 23.5 Å². The van der Waals surface area contributed by atoms with Gasteiger partial charge in [0, 0.05) is 30.1 Å². The summed E-state index contributed by atoms with van der Waals surface area (Å²) in [5.74, 6) is 2.57. The molecule has 0 bridgehead atoms. The van der Waals surface area contributed by atoms with E-state index in [1.54, 1.807) is 11.8 Å². The third-order valence-corrected chi connectivity index (χ3v) is 6.02. The van der Waals surface area contributed by atoms with Crippen molar-refractivity contribution in [2.75, 3.05) is 30.3 Å². The molecule has 4 rings (SSSR count). The Morgan fingerprint density at radius 1 is 1.12 bits per heavy atom. The SMILES string of the molecule is Cc1nc2c(c(N3CCCC3)n1)CCN(C(=O)CSc1ccccc1)C2. The summed E-state index contributed by atoms with van der Waals surface area (Å²) in [5.41, 5.74) is 2.28. The number of benzene rings is 1. The minimum Gasteiger partial charge on any atom is -0.356 e. The summed E-state index contributed by atoms with van der Waals surface area (Å²) in [5, 5.41) is 0. The number of rotatable bonds is 4. The summed E-state index contributed by atoms with van der Waals surface area (Å²) in [4.78, 5) is 27.5. The third kappa shape index (κ3) is 3.70. The molecule has 3 heterocycles. The molecule has 1 saturated heterocycles. The van der Waals surface area contributed by atoms with Crippen LogP contribution < -0.4 is 4.90 Å². The summed E-state index contributed by atoms with van der Waals surface area (Å²) < 4.78 is 0. The number of hydrogen-bond donors (Lipinski definition) is 0. The monoisotopic (exact) mass is 368 g/mol. The van der Waals surface area contributed by atoms with Crippen molar-refractivity contribution in [3.63, 3.8) is 0 Å². The first-order valence-electron chi connectivity index (χ1n) is 9.27. The van der Waals surface area contributed by atoms with Gasteiger partial charge in [-0.3, -0.25) is 4.79 Å². The van der Waals surface area contributed by atoms with Crippen molar-refractivity contribution in [2.45, 2.75) is 37.6 Å². The number of anilines is 1. The van der Waals surface area contributed by atoms with Gasteiger partial charge in [0.15, 0.2) is 0 Å². The van der Waals surface area contributed by atoms with Crippen LogP contribution in [0.3, 0.4) is 0 Å². The number of carbonyl (C=O) groups excluding carboxylic acids is 1. The zero-order chi connectivity index (χ0) is 17.9. The summed E-state index contributed by atoms with van der Waals surface area (Å²) >= 11 is 1.60. The smallest absolute Gasteiger partial charge is 0.233 e. The zero-order valence-corrected chi connectivity index (χ0v) is 16.0. The fourth-order valence-electron chi connectivity index (χ4n) is 3.69. The highest BCUT2D eigenvalue weighted by Crippen LogP contribution is 2.29. The minimum atomic E-state index is 0.184. The standard InChI is InChI=1S/C20H24N4OS/c1-15-21-18-13-24(19(25)14-26-16-7-3-2-4-8-16)12-9-17(18)20(22-15)23-10-5-6-11-23/h2-4,7-8H,5-6,9-14H2,1H3. The molecule has 2 aromatic rings. The van der Waals surface area contributed by atoms with Crippen LogP contribution in [0.1, 0.15) is 29.9 Å². The maximum Gasteiger partial charge on any atom is 0.233 e. The van der Waals surface area contributed by atoms with Gasteiger partial charge in [-0.1, -0.05) is 18.2 Å². The van der Waals surface area contributed by atoms with Crippen molar-refractivity contribution in [3.8, 4) is 0 Å². The molecule has 0 saturated carbocycles. The molecule has 2 aliphatic heterocycles. The number of nitrogens with zero attached hydrogens (tertiary/aromatic N) is 4. The predicted octanol–water partition coefficient (Wildman–Crippen LogP) is 3.06. The van der Waals surface area contributed by atoms with E-state index in [1.165, 1.54) is 18.4 Å². The maximum atomic E-state index is 12.7. The Morgan fingerprint density at radius 2 is 1.88 bits per heavy atom. The highest BCUT2D eigenvalue weighted by Gasteiger charge is 2.27. The van der Waals surface area contributed by atoms with Crippen LogP contribution in [0.4, 0.5) is 5.82 Å². The van der Waals surface area contributed by atoms with Gasteiger partial charge in [-0.05, 0) is 38.3 Å². The Balaban J connectivity index is 1.46. The van der Waals surface area contributed by atoms with Gasteiger partial charge in [-0.2, -0.15) is 0 Å². The first-order valence-corrected chi connectivity index (χ1v) is 10.3. The Bertz CT molecular complexity index is 790. The lowest BCUT2D eigenvalue weighted by Crippen LogP contribution is -2.38. The highest BCUT2D eigenvalue weighted by molar-refractivity contribution is 8.00. The van der Waals surface area contributed by atoms with Gasteiger partial charge in [-0.15, -0.1) is 11.8 Å². The van der Waals surface area contributed by atoms with Crippen LogP contribution in [-0.2, 0) is 17.8 Å². The number of aryl methyl sites for hydroxylation is 1. The van der Waals surface area contributed by atoms with Crippen molar-refractivity contribution < 1.29 is 4.79 Å². The molecule has 5 nitrogen and oxygen atoms in total. The van der Waals surface area contributed by atoms with Crippen molar-refractivity contribution in [1.82, 2.24) is 14.9 Å². The molecular weight excluding hydrogens is 344 g/mol. The Kier molecular flexibility index (Phi) is 5.11. The average Bonchev–Trinajstić information content (AvgIpc) is 3.20. The largest absolute Gasteiger partial charge is 0.356 e. The lowest BCUT2D eigenvalue weighted by molar-refractivity contribution is -0.129. The van der Waals surface area contributed by atoms with Gasteiger partial charge in [0.2, 0.25) is 5.91 Å². The molecule has 0 atom stereocenters. The summed E-state index contributed by atoms with van der Waals surface area (Å²) in [6.07, 6.45) is 3.32. The molecule has 0 aliphatic carbocycles. The lowest BCUT2D eigenvalue weighted by atomic mass is 10.0. The van der Waals surface area contributed by atoms with Crippen LogP contribution in [0.5, 0.6) is 0 Å². The topological polar surface area (TPSA) is 49.3 Å². The molecule has 0 unspecified atom stereocenters. The van der Waals surface area contributed by atoms with Crippen LogP contribution in [0.15, 0.2) is 35.2 Å². The first-order chi connectivity index (χ1) is 12.7. The molecule has 26 heavy (non-hydrogen) atoms. The number of thioether (sulfide) groups is 1. The van der Waals surface area contributed by atoms with E-state index in [4.69, 9.17) is 4.98 Å². The maximum absolute atomic E-state index is 12.7. The van der Waals surface area contributed by atoms with E-state index in [0.717, 1.165) is 48.3 Å². The van der Waals surface area contributed by atoms with Crippen LogP contribution in [0, 0.1) is 6.92 Å². The summed E-state index contributed by atoms with van der Waals surface area (Å²) in [7, 11) is 0. The normalized spacial score (nSPS) is 16.7. The molecule has 1 aromatic heterocycles. The summed E-state index contributed by atoms with van der Waals surface area (Å²) in [6, 6.07) is 10.1. The van der Waals surface area contributed by atoms with Crippen LogP contribution in [0.2, 0.25) is 0 Å². The van der Waals surface area contributed by atoms with E-state index < -0.39 is 0 Å². The Hall–Kier alpha value is -2.08. The van der Waals surface area contributed by atoms with Gasteiger partial charge in [0.25, 0.3) is 0 Å². The van der Waals surface area contributed by atoms with Crippen LogP contribution >= 0.6 is 11.8 Å². The van der Waals surface area contributed by atoms with Gasteiger partial charge in [-0.25, -0.2) is 9.97 Å². The van der Waals surface area contributed by atoms with Gasteiger partial charge < -0.3 is 9.80 Å². The van der Waals surface area contributed by atoms with E-state index in [2.05, 4.69) is 9.88 Å². The van der Waals surface area contributed by atoms with Gasteiger partial charge in [0.05, 0.1) is 18.0 Å². The number of carbonyl (C=O) groups is 1. The molecule has 6 heteroatoms. The highest BCUT2D eigenvalue weighted by atomic mass is 32.2. The van der Waals surface area contributed by atoms with E-state index in [-0.39, 0.29) is 5.91 Å².